The number of halogens is 3. The smallest absolute Gasteiger partial charge is 0.419 e. The lowest BCUT2D eigenvalue weighted by molar-refractivity contribution is -0.137. The molecule has 2 aliphatic rings. The minimum Gasteiger partial charge on any atom is -0.444 e. The number of aliphatic hydroxyl groups is 1. The van der Waals surface area contributed by atoms with Crippen LogP contribution in [0.15, 0.2) is 30.6 Å². The summed E-state index contributed by atoms with van der Waals surface area (Å²) < 4.78 is 47.8. The van der Waals surface area contributed by atoms with Gasteiger partial charge >= 0.3 is 12.3 Å². The number of nitrogens with zero attached hydrogens (tertiary/aromatic N) is 4. The molecule has 2 saturated heterocycles. The summed E-state index contributed by atoms with van der Waals surface area (Å²) in [5.74, 6) is -0.188. The normalized spacial score (nSPS) is 19.4. The summed E-state index contributed by atoms with van der Waals surface area (Å²) in [6.45, 7) is 8.76. The van der Waals surface area contributed by atoms with E-state index in [-0.39, 0.29) is 29.2 Å². The Bertz CT molecular complexity index is 1500. The Kier molecular flexibility index (Phi) is 8.05. The van der Waals surface area contributed by atoms with Crippen molar-refractivity contribution in [1.82, 2.24) is 24.8 Å². The first-order valence-corrected chi connectivity index (χ1v) is 14.4. The Balaban J connectivity index is 1.39. The Morgan fingerprint density at radius 3 is 2.53 bits per heavy atom. The van der Waals surface area contributed by atoms with Crippen LogP contribution in [0.3, 0.4) is 0 Å². The van der Waals surface area contributed by atoms with Crippen molar-refractivity contribution < 1.29 is 32.6 Å². The molecule has 0 radical (unpaired) electrons. The van der Waals surface area contributed by atoms with Crippen LogP contribution in [0.2, 0.25) is 0 Å². The highest BCUT2D eigenvalue weighted by molar-refractivity contribution is 6.02. The van der Waals surface area contributed by atoms with Crippen molar-refractivity contribution in [2.75, 3.05) is 31.5 Å². The lowest BCUT2D eigenvalue weighted by atomic mass is 9.93. The molecule has 232 valence electrons. The van der Waals surface area contributed by atoms with Gasteiger partial charge in [-0.15, -0.1) is 0 Å². The number of rotatable bonds is 4. The van der Waals surface area contributed by atoms with E-state index in [2.05, 4.69) is 20.3 Å². The van der Waals surface area contributed by atoms with Crippen LogP contribution in [0.5, 0.6) is 0 Å². The Morgan fingerprint density at radius 2 is 1.86 bits per heavy atom. The number of aromatic nitrogens is 3. The third-order valence-electron chi connectivity index (χ3n) is 7.81. The maximum Gasteiger partial charge on any atom is 0.419 e. The number of carbonyl (C=O) groups is 2. The molecule has 43 heavy (non-hydrogen) atoms. The number of aromatic amines is 1. The standard InChI is InChI=1S/C30H37F3N6O4/c1-28(2,3)43-27(41)39-11-5-6-19(17-39)36-26-35-16-22(30(31,32)33)24(37-26)21-15-34-23-14-18(7-8-20(21)23)25(40)38-12-9-29(4,42)10-13-38/h7-8,14-16,19,34,42H,5-6,9-13,17H2,1-4H3,(H,35,36,37). The number of fused-ring (bicyclic) bond motifs is 1. The Morgan fingerprint density at radius 1 is 1.14 bits per heavy atom. The van der Waals surface area contributed by atoms with Crippen molar-refractivity contribution in [3.8, 4) is 11.3 Å². The molecule has 0 saturated carbocycles. The topological polar surface area (TPSA) is 124 Å². The van der Waals surface area contributed by atoms with Crippen molar-refractivity contribution in [2.45, 2.75) is 76.8 Å². The van der Waals surface area contributed by atoms with Gasteiger partial charge in [0.25, 0.3) is 5.91 Å². The van der Waals surface area contributed by atoms with Crippen LogP contribution in [-0.2, 0) is 10.9 Å². The van der Waals surface area contributed by atoms with Crippen molar-refractivity contribution >= 4 is 28.9 Å². The van der Waals surface area contributed by atoms with Crippen molar-refractivity contribution in [3.05, 3.63) is 41.7 Å². The zero-order chi connectivity index (χ0) is 31.2. The molecule has 2 aliphatic heterocycles. The largest absolute Gasteiger partial charge is 0.444 e. The highest BCUT2D eigenvalue weighted by Gasteiger charge is 2.37. The summed E-state index contributed by atoms with van der Waals surface area (Å²) in [4.78, 5) is 40.2. The number of hydrogen-bond donors (Lipinski definition) is 3. The van der Waals surface area contributed by atoms with Gasteiger partial charge in [-0.2, -0.15) is 13.2 Å². The van der Waals surface area contributed by atoms with Gasteiger partial charge in [-0.3, -0.25) is 4.79 Å². The fraction of sp³-hybridized carbons (Fsp3) is 0.533. The lowest BCUT2D eigenvalue weighted by Gasteiger charge is -2.35. The number of piperidine rings is 2. The molecule has 3 aromatic rings. The summed E-state index contributed by atoms with van der Waals surface area (Å²) in [6.07, 6.45) is -0.639. The van der Waals surface area contributed by atoms with E-state index < -0.39 is 29.0 Å². The second-order valence-electron chi connectivity index (χ2n) is 12.6. The fourth-order valence-electron chi connectivity index (χ4n) is 5.46. The van der Waals surface area contributed by atoms with Crippen LogP contribution in [0.1, 0.15) is 69.3 Å². The van der Waals surface area contributed by atoms with Gasteiger partial charge in [-0.05, 0) is 65.5 Å². The molecular weight excluding hydrogens is 565 g/mol. The van der Waals surface area contributed by atoms with E-state index in [0.717, 1.165) is 6.20 Å². The van der Waals surface area contributed by atoms with Crippen LogP contribution in [-0.4, -0.2) is 85.3 Å². The predicted molar refractivity (Wildman–Crippen MR) is 155 cm³/mol. The van der Waals surface area contributed by atoms with Crippen molar-refractivity contribution in [1.29, 1.82) is 0 Å². The van der Waals surface area contributed by atoms with Crippen LogP contribution in [0.4, 0.5) is 23.9 Å². The first-order chi connectivity index (χ1) is 20.1. The average molecular weight is 603 g/mol. The number of carbonyl (C=O) groups excluding carboxylic acids is 2. The molecule has 1 unspecified atom stereocenters. The number of hydrogen-bond acceptors (Lipinski definition) is 7. The van der Waals surface area contributed by atoms with Crippen LogP contribution in [0, 0.1) is 0 Å². The highest BCUT2D eigenvalue weighted by Crippen LogP contribution is 2.39. The number of amides is 2. The summed E-state index contributed by atoms with van der Waals surface area (Å²) in [5, 5.41) is 13.8. The zero-order valence-corrected chi connectivity index (χ0v) is 24.7. The molecule has 2 fully saturated rings. The first-order valence-electron chi connectivity index (χ1n) is 14.4. The van der Waals surface area contributed by atoms with Gasteiger partial charge in [-0.1, -0.05) is 6.07 Å². The van der Waals surface area contributed by atoms with Gasteiger partial charge in [-0.25, -0.2) is 14.8 Å². The number of H-pyrrole nitrogens is 1. The highest BCUT2D eigenvalue weighted by atomic mass is 19.4. The lowest BCUT2D eigenvalue weighted by Crippen LogP contribution is -2.47. The Hall–Kier alpha value is -3.87. The molecular formula is C30H37F3N6O4. The molecule has 0 spiro atoms. The molecule has 2 aromatic heterocycles. The second kappa shape index (κ2) is 11.3. The number of alkyl halides is 3. The predicted octanol–water partition coefficient (Wildman–Crippen LogP) is 5.44. The fourth-order valence-corrected chi connectivity index (χ4v) is 5.46. The van der Waals surface area contributed by atoms with Crippen LogP contribution < -0.4 is 5.32 Å². The molecule has 2 amide bonds. The molecule has 0 bridgehead atoms. The summed E-state index contributed by atoms with van der Waals surface area (Å²) in [6, 6.07) is 4.55. The van der Waals surface area contributed by atoms with Gasteiger partial charge in [0.15, 0.2) is 0 Å². The molecule has 3 N–H and O–H groups in total. The summed E-state index contributed by atoms with van der Waals surface area (Å²) >= 11 is 0. The van der Waals surface area contributed by atoms with Crippen molar-refractivity contribution in [2.24, 2.45) is 0 Å². The number of ether oxygens (including phenoxy) is 1. The number of nitrogens with one attached hydrogen (secondary N) is 2. The third-order valence-corrected chi connectivity index (χ3v) is 7.81. The SMILES string of the molecule is CC1(O)CCN(C(=O)c2ccc3c(-c4nc(NC5CCCN(C(=O)OC(C)(C)C)C5)ncc4C(F)(F)F)c[nH]c3c2)CC1. The Labute approximate surface area is 247 Å². The molecule has 13 heteroatoms. The number of benzene rings is 1. The maximum atomic E-state index is 14.1. The van der Waals surface area contributed by atoms with Crippen LogP contribution in [0.25, 0.3) is 22.2 Å². The monoisotopic (exact) mass is 602 g/mol. The number of likely N-dealkylation sites (tertiary alicyclic amines) is 2. The quantitative estimate of drug-likeness (QED) is 0.363. The molecule has 4 heterocycles. The third kappa shape index (κ3) is 7.03. The van der Waals surface area contributed by atoms with E-state index in [1.165, 1.54) is 6.20 Å². The van der Waals surface area contributed by atoms with Gasteiger partial charge < -0.3 is 29.9 Å². The van der Waals surface area contributed by atoms with E-state index >= 15 is 0 Å². The summed E-state index contributed by atoms with van der Waals surface area (Å²) in [5.41, 5.74) is -1.62. The van der Waals surface area contributed by atoms with Gasteiger partial charge in [0.2, 0.25) is 5.95 Å². The maximum absolute atomic E-state index is 14.1. The molecule has 5 rings (SSSR count). The van der Waals surface area contributed by atoms with Gasteiger partial charge in [0.05, 0.1) is 11.3 Å². The van der Waals surface area contributed by atoms with Crippen LogP contribution >= 0.6 is 0 Å². The van der Waals surface area contributed by atoms with E-state index in [1.807, 2.05) is 0 Å². The van der Waals surface area contributed by atoms with Gasteiger partial charge in [0, 0.05) is 66.6 Å². The molecule has 1 atom stereocenters. The van der Waals surface area contributed by atoms with E-state index in [0.29, 0.717) is 68.3 Å². The molecule has 10 nitrogen and oxygen atoms in total. The second-order valence-corrected chi connectivity index (χ2v) is 12.6. The zero-order valence-electron chi connectivity index (χ0n) is 24.7. The van der Waals surface area contributed by atoms with E-state index in [4.69, 9.17) is 4.74 Å². The summed E-state index contributed by atoms with van der Waals surface area (Å²) in [7, 11) is 0. The van der Waals surface area contributed by atoms with E-state index in [9.17, 15) is 27.9 Å². The minimum absolute atomic E-state index is 0.0150. The minimum atomic E-state index is -4.71. The van der Waals surface area contributed by atoms with Gasteiger partial charge in [0.1, 0.15) is 11.2 Å². The van der Waals surface area contributed by atoms with Crippen molar-refractivity contribution in [3.63, 3.8) is 0 Å². The van der Waals surface area contributed by atoms with E-state index in [1.54, 1.807) is 55.7 Å². The first kappa shape index (κ1) is 30.6. The molecule has 1 aromatic carbocycles. The molecule has 0 aliphatic carbocycles. The number of anilines is 1. The average Bonchev–Trinajstić information content (AvgIpc) is 3.34.